The Balaban J connectivity index is 2.97. The van der Waals surface area contributed by atoms with Crippen molar-refractivity contribution in [3.63, 3.8) is 0 Å². The van der Waals surface area contributed by atoms with Crippen LogP contribution in [0.4, 0.5) is 5.69 Å². The third-order valence-corrected chi connectivity index (χ3v) is 2.02. The van der Waals surface area contributed by atoms with Crippen LogP contribution in [0.25, 0.3) is 0 Å². The molecule has 0 bridgehead atoms. The van der Waals surface area contributed by atoms with Crippen LogP contribution < -0.4 is 15.2 Å². The molecule has 0 radical (unpaired) electrons. The van der Waals surface area contributed by atoms with E-state index in [4.69, 9.17) is 15.2 Å². The van der Waals surface area contributed by atoms with Gasteiger partial charge in [0, 0.05) is 6.54 Å². The highest BCUT2D eigenvalue weighted by Gasteiger charge is 2.16. The zero-order valence-corrected chi connectivity index (χ0v) is 9.17. The van der Waals surface area contributed by atoms with Crippen molar-refractivity contribution in [2.45, 2.75) is 13.0 Å². The van der Waals surface area contributed by atoms with Crippen molar-refractivity contribution in [2.24, 2.45) is 5.73 Å². The summed E-state index contributed by atoms with van der Waals surface area (Å²) in [6, 6.07) is 4.43. The van der Waals surface area contributed by atoms with E-state index in [0.29, 0.717) is 12.3 Å². The molecule has 1 aromatic rings. The molecule has 0 saturated heterocycles. The number of rotatable bonds is 5. The number of hydrogen-bond donors (Lipinski definition) is 1. The first-order chi connectivity index (χ1) is 7.58. The van der Waals surface area contributed by atoms with Gasteiger partial charge in [-0.2, -0.15) is 0 Å². The number of ether oxygens (including phenoxy) is 2. The van der Waals surface area contributed by atoms with Crippen LogP contribution in [0.2, 0.25) is 0 Å². The quantitative estimate of drug-likeness (QED) is 0.604. The highest BCUT2D eigenvalue weighted by Crippen LogP contribution is 2.30. The average Bonchev–Trinajstić information content (AvgIpc) is 2.28. The van der Waals surface area contributed by atoms with Gasteiger partial charge in [-0.15, -0.1) is 0 Å². The van der Waals surface area contributed by atoms with Gasteiger partial charge in [0.25, 0.3) is 0 Å². The van der Waals surface area contributed by atoms with Crippen LogP contribution in [0, 0.1) is 10.1 Å². The summed E-state index contributed by atoms with van der Waals surface area (Å²) in [6.45, 7) is 2.13. The molecule has 0 saturated carbocycles. The first-order valence-corrected chi connectivity index (χ1v) is 4.77. The fourth-order valence-electron chi connectivity index (χ4n) is 1.17. The Morgan fingerprint density at radius 1 is 1.56 bits per heavy atom. The topological polar surface area (TPSA) is 87.6 Å². The van der Waals surface area contributed by atoms with Crippen LogP contribution >= 0.6 is 0 Å². The Labute approximate surface area is 93.1 Å². The maximum absolute atomic E-state index is 10.7. The second-order valence-corrected chi connectivity index (χ2v) is 3.25. The van der Waals surface area contributed by atoms with Crippen LogP contribution in [-0.4, -0.2) is 24.7 Å². The number of methoxy groups -OCH3 is 1. The van der Waals surface area contributed by atoms with Crippen LogP contribution in [0.1, 0.15) is 6.92 Å². The van der Waals surface area contributed by atoms with Gasteiger partial charge in [0.1, 0.15) is 11.9 Å². The van der Waals surface area contributed by atoms with Gasteiger partial charge in [-0.3, -0.25) is 10.1 Å². The highest BCUT2D eigenvalue weighted by molar-refractivity contribution is 5.50. The molecule has 1 unspecified atom stereocenters. The van der Waals surface area contributed by atoms with E-state index in [9.17, 15) is 10.1 Å². The van der Waals surface area contributed by atoms with E-state index in [1.165, 1.54) is 19.2 Å². The molecule has 1 aromatic carbocycles. The summed E-state index contributed by atoms with van der Waals surface area (Å²) < 4.78 is 10.2. The summed E-state index contributed by atoms with van der Waals surface area (Å²) in [5.74, 6) is 0.614. The Kier molecular flexibility index (Phi) is 4.07. The summed E-state index contributed by atoms with van der Waals surface area (Å²) in [5, 5.41) is 10.7. The lowest BCUT2D eigenvalue weighted by atomic mass is 10.2. The molecular formula is C10H14N2O4. The van der Waals surface area contributed by atoms with E-state index in [-0.39, 0.29) is 17.5 Å². The molecule has 1 rings (SSSR count). The van der Waals surface area contributed by atoms with Gasteiger partial charge in [-0.25, -0.2) is 0 Å². The number of nitro groups is 1. The van der Waals surface area contributed by atoms with E-state index in [1.807, 2.05) is 0 Å². The second kappa shape index (κ2) is 5.32. The molecule has 88 valence electrons. The number of hydrogen-bond acceptors (Lipinski definition) is 5. The summed E-state index contributed by atoms with van der Waals surface area (Å²) in [7, 11) is 1.38. The molecule has 0 amide bonds. The van der Waals surface area contributed by atoms with Crippen molar-refractivity contribution in [1.29, 1.82) is 0 Å². The van der Waals surface area contributed by atoms with Gasteiger partial charge in [0.2, 0.25) is 0 Å². The first-order valence-electron chi connectivity index (χ1n) is 4.77. The zero-order valence-electron chi connectivity index (χ0n) is 9.17. The minimum atomic E-state index is -0.515. The monoisotopic (exact) mass is 226 g/mol. The standard InChI is InChI=1S/C10H14N2O4/c1-7(6-11)16-8-3-4-10(15-2)9(5-8)12(13)14/h3-5,7H,6,11H2,1-2H3. The zero-order chi connectivity index (χ0) is 12.1. The van der Waals surface area contributed by atoms with E-state index >= 15 is 0 Å². The van der Waals surface area contributed by atoms with Gasteiger partial charge >= 0.3 is 5.69 Å². The molecule has 0 aliphatic carbocycles. The summed E-state index contributed by atoms with van der Waals surface area (Å²) in [6.07, 6.45) is -0.187. The van der Waals surface area contributed by atoms with Crippen molar-refractivity contribution in [3.8, 4) is 11.5 Å². The van der Waals surface area contributed by atoms with Crippen molar-refractivity contribution in [1.82, 2.24) is 0 Å². The van der Waals surface area contributed by atoms with Crippen molar-refractivity contribution in [3.05, 3.63) is 28.3 Å². The van der Waals surface area contributed by atoms with Crippen LogP contribution in [0.15, 0.2) is 18.2 Å². The minimum absolute atomic E-state index is 0.121. The maximum Gasteiger partial charge on any atom is 0.314 e. The number of benzene rings is 1. The number of nitrogens with two attached hydrogens (primary N) is 1. The average molecular weight is 226 g/mol. The molecule has 0 heterocycles. The number of nitro benzene ring substituents is 1. The molecule has 0 aliphatic rings. The van der Waals surface area contributed by atoms with Crippen LogP contribution in [0.3, 0.4) is 0 Å². The Morgan fingerprint density at radius 3 is 2.75 bits per heavy atom. The van der Waals surface area contributed by atoms with Crippen LogP contribution in [-0.2, 0) is 0 Å². The molecule has 16 heavy (non-hydrogen) atoms. The van der Waals surface area contributed by atoms with E-state index in [1.54, 1.807) is 13.0 Å². The van der Waals surface area contributed by atoms with Crippen molar-refractivity contribution >= 4 is 5.69 Å². The summed E-state index contributed by atoms with van der Waals surface area (Å²) >= 11 is 0. The van der Waals surface area contributed by atoms with Gasteiger partial charge in [-0.05, 0) is 19.1 Å². The summed E-state index contributed by atoms with van der Waals surface area (Å²) in [5.41, 5.74) is 5.27. The molecule has 0 aliphatic heterocycles. The fraction of sp³-hybridized carbons (Fsp3) is 0.400. The van der Waals surface area contributed by atoms with Gasteiger partial charge in [0.05, 0.1) is 18.1 Å². The van der Waals surface area contributed by atoms with Gasteiger partial charge < -0.3 is 15.2 Å². The molecule has 6 heteroatoms. The molecule has 0 fully saturated rings. The Morgan fingerprint density at radius 2 is 2.25 bits per heavy atom. The first kappa shape index (κ1) is 12.3. The lowest BCUT2D eigenvalue weighted by Crippen LogP contribution is -2.22. The van der Waals surface area contributed by atoms with Crippen LogP contribution in [0.5, 0.6) is 11.5 Å². The molecule has 0 spiro atoms. The van der Waals surface area contributed by atoms with E-state index in [0.717, 1.165) is 0 Å². The Hall–Kier alpha value is -1.82. The lowest BCUT2D eigenvalue weighted by molar-refractivity contribution is -0.385. The predicted octanol–water partition coefficient (Wildman–Crippen LogP) is 1.33. The minimum Gasteiger partial charge on any atom is -0.490 e. The molecule has 2 N–H and O–H groups in total. The molecular weight excluding hydrogens is 212 g/mol. The maximum atomic E-state index is 10.7. The smallest absolute Gasteiger partial charge is 0.314 e. The molecule has 0 aromatic heterocycles. The van der Waals surface area contributed by atoms with E-state index < -0.39 is 4.92 Å². The Bertz CT molecular complexity index is 381. The van der Waals surface area contributed by atoms with Gasteiger partial charge in [-0.1, -0.05) is 0 Å². The lowest BCUT2D eigenvalue weighted by Gasteiger charge is -2.12. The fourth-order valence-corrected chi connectivity index (χ4v) is 1.17. The SMILES string of the molecule is COc1ccc(OC(C)CN)cc1[N+](=O)[O-]. The predicted molar refractivity (Wildman–Crippen MR) is 58.8 cm³/mol. The highest BCUT2D eigenvalue weighted by atomic mass is 16.6. The third-order valence-electron chi connectivity index (χ3n) is 2.02. The molecule has 6 nitrogen and oxygen atoms in total. The van der Waals surface area contributed by atoms with E-state index in [2.05, 4.69) is 0 Å². The second-order valence-electron chi connectivity index (χ2n) is 3.25. The molecule has 1 atom stereocenters. The normalized spacial score (nSPS) is 11.9. The third kappa shape index (κ3) is 2.83. The van der Waals surface area contributed by atoms with Crippen molar-refractivity contribution in [2.75, 3.05) is 13.7 Å². The summed E-state index contributed by atoms with van der Waals surface area (Å²) in [4.78, 5) is 10.2. The van der Waals surface area contributed by atoms with Crippen molar-refractivity contribution < 1.29 is 14.4 Å². The van der Waals surface area contributed by atoms with Gasteiger partial charge in [0.15, 0.2) is 5.75 Å². The number of nitrogens with zero attached hydrogens (tertiary/aromatic N) is 1. The largest absolute Gasteiger partial charge is 0.490 e.